The number of carbonyl (C=O) groups is 1. The molecule has 1 amide bonds. The van der Waals surface area contributed by atoms with Gasteiger partial charge in [-0.25, -0.2) is 9.97 Å². The number of carbonyl (C=O) groups excluding carboxylic acids is 1. The highest BCUT2D eigenvalue weighted by Gasteiger charge is 2.11. The van der Waals surface area contributed by atoms with Gasteiger partial charge in [0.25, 0.3) is 5.91 Å². The van der Waals surface area contributed by atoms with Crippen LogP contribution in [0, 0.1) is 13.8 Å². The van der Waals surface area contributed by atoms with E-state index in [1.807, 2.05) is 13.8 Å². The zero-order chi connectivity index (χ0) is 11.5. The number of anilines is 1. The first-order valence-electron chi connectivity index (χ1n) is 4.76. The second-order valence-corrected chi connectivity index (χ2v) is 3.39. The minimum Gasteiger partial charge on any atom is -0.319 e. The third-order valence-electron chi connectivity index (χ3n) is 2.19. The second kappa shape index (κ2) is 4.09. The number of aryl methyl sites for hydroxylation is 2. The van der Waals surface area contributed by atoms with Gasteiger partial charge in [-0.05, 0) is 13.8 Å². The van der Waals surface area contributed by atoms with Gasteiger partial charge in [-0.2, -0.15) is 5.10 Å². The lowest BCUT2D eigenvalue weighted by Gasteiger charge is -2.03. The van der Waals surface area contributed by atoms with E-state index in [0.29, 0.717) is 11.3 Å². The van der Waals surface area contributed by atoms with Crippen molar-refractivity contribution in [3.8, 4) is 0 Å². The Bertz CT molecular complexity index is 486. The number of hydrogen-bond donors (Lipinski definition) is 2. The fourth-order valence-electron chi connectivity index (χ4n) is 1.34. The first-order chi connectivity index (χ1) is 7.68. The third kappa shape index (κ3) is 1.90. The van der Waals surface area contributed by atoms with Crippen molar-refractivity contribution in [2.45, 2.75) is 13.8 Å². The van der Waals surface area contributed by atoms with Crippen LogP contribution in [0.1, 0.15) is 21.7 Å². The summed E-state index contributed by atoms with van der Waals surface area (Å²) < 4.78 is 0. The first kappa shape index (κ1) is 10.3. The molecule has 0 atom stereocenters. The molecule has 0 fully saturated rings. The van der Waals surface area contributed by atoms with Gasteiger partial charge in [0, 0.05) is 12.4 Å². The van der Waals surface area contributed by atoms with Crippen LogP contribution in [0.15, 0.2) is 18.7 Å². The normalized spacial score (nSPS) is 10.1. The number of nitrogens with zero attached hydrogens (tertiary/aromatic N) is 3. The molecular weight excluding hydrogens is 206 g/mol. The van der Waals surface area contributed by atoms with Crippen molar-refractivity contribution in [3.63, 3.8) is 0 Å². The van der Waals surface area contributed by atoms with Crippen molar-refractivity contribution in [1.29, 1.82) is 0 Å². The van der Waals surface area contributed by atoms with Gasteiger partial charge < -0.3 is 5.32 Å². The summed E-state index contributed by atoms with van der Waals surface area (Å²) in [4.78, 5) is 19.4. The molecule has 2 aromatic rings. The lowest BCUT2D eigenvalue weighted by atomic mass is 10.2. The van der Waals surface area contributed by atoms with Crippen LogP contribution in [-0.4, -0.2) is 26.1 Å². The molecule has 0 aliphatic carbocycles. The maximum absolute atomic E-state index is 11.8. The molecule has 2 N–H and O–H groups in total. The molecule has 82 valence electrons. The molecular formula is C10H11N5O. The topological polar surface area (TPSA) is 83.6 Å². The van der Waals surface area contributed by atoms with Gasteiger partial charge >= 0.3 is 0 Å². The Morgan fingerprint density at radius 2 is 2.00 bits per heavy atom. The summed E-state index contributed by atoms with van der Waals surface area (Å²) in [6.07, 6.45) is 4.31. The van der Waals surface area contributed by atoms with E-state index in [0.717, 1.165) is 11.4 Å². The summed E-state index contributed by atoms with van der Waals surface area (Å²) in [5.41, 5.74) is 2.70. The summed E-state index contributed by atoms with van der Waals surface area (Å²) in [6, 6.07) is 0. The quantitative estimate of drug-likeness (QED) is 0.788. The van der Waals surface area contributed by atoms with Crippen molar-refractivity contribution >= 4 is 11.6 Å². The molecule has 0 aliphatic heterocycles. The Kier molecular flexibility index (Phi) is 2.63. The second-order valence-electron chi connectivity index (χ2n) is 3.39. The van der Waals surface area contributed by atoms with Gasteiger partial charge in [-0.3, -0.25) is 9.89 Å². The molecule has 0 unspecified atom stereocenters. The number of rotatable bonds is 2. The number of hydrogen-bond acceptors (Lipinski definition) is 4. The maximum Gasteiger partial charge on any atom is 0.258 e. The first-order valence-corrected chi connectivity index (χ1v) is 4.76. The van der Waals surface area contributed by atoms with E-state index in [1.165, 1.54) is 18.7 Å². The Morgan fingerprint density at radius 1 is 1.31 bits per heavy atom. The van der Waals surface area contributed by atoms with Crippen LogP contribution in [0.5, 0.6) is 0 Å². The fraction of sp³-hybridized carbons (Fsp3) is 0.200. The van der Waals surface area contributed by atoms with Crippen molar-refractivity contribution in [3.05, 3.63) is 35.7 Å². The number of amides is 1. The van der Waals surface area contributed by atoms with E-state index in [9.17, 15) is 4.79 Å². The predicted molar refractivity (Wildman–Crippen MR) is 58.0 cm³/mol. The number of nitrogens with one attached hydrogen (secondary N) is 2. The van der Waals surface area contributed by atoms with Gasteiger partial charge in [0.2, 0.25) is 0 Å². The summed E-state index contributed by atoms with van der Waals surface area (Å²) in [5.74, 6) is -0.242. The average Bonchev–Trinajstić information content (AvgIpc) is 2.62. The molecule has 0 saturated carbocycles. The van der Waals surface area contributed by atoms with Crippen molar-refractivity contribution in [2.24, 2.45) is 0 Å². The SMILES string of the molecule is Cc1n[nH]c(C)c1NC(=O)c1cncnc1. The summed E-state index contributed by atoms with van der Waals surface area (Å²) >= 11 is 0. The van der Waals surface area contributed by atoms with E-state index in [2.05, 4.69) is 25.5 Å². The van der Waals surface area contributed by atoms with Gasteiger partial charge in [-0.1, -0.05) is 0 Å². The number of aromatic nitrogens is 4. The van der Waals surface area contributed by atoms with Crippen molar-refractivity contribution < 1.29 is 4.79 Å². The van der Waals surface area contributed by atoms with E-state index >= 15 is 0 Å². The molecule has 0 spiro atoms. The lowest BCUT2D eigenvalue weighted by molar-refractivity contribution is 0.102. The van der Waals surface area contributed by atoms with E-state index in [1.54, 1.807) is 0 Å². The summed E-state index contributed by atoms with van der Waals surface area (Å²) in [5, 5.41) is 9.55. The molecule has 0 saturated heterocycles. The van der Waals surface area contributed by atoms with Crippen LogP contribution in [0.25, 0.3) is 0 Å². The molecule has 0 aromatic carbocycles. The molecule has 0 aliphatic rings. The van der Waals surface area contributed by atoms with Crippen LogP contribution in [0.2, 0.25) is 0 Å². The average molecular weight is 217 g/mol. The van der Waals surface area contributed by atoms with Crippen LogP contribution in [-0.2, 0) is 0 Å². The highest BCUT2D eigenvalue weighted by molar-refractivity contribution is 6.04. The highest BCUT2D eigenvalue weighted by Crippen LogP contribution is 2.16. The number of H-pyrrole nitrogens is 1. The van der Waals surface area contributed by atoms with Gasteiger partial charge in [0.05, 0.1) is 22.6 Å². The van der Waals surface area contributed by atoms with Gasteiger partial charge in [0.1, 0.15) is 6.33 Å². The monoisotopic (exact) mass is 217 g/mol. The molecule has 2 rings (SSSR count). The highest BCUT2D eigenvalue weighted by atomic mass is 16.1. The van der Waals surface area contributed by atoms with Crippen molar-refractivity contribution in [1.82, 2.24) is 20.2 Å². The van der Waals surface area contributed by atoms with Crippen LogP contribution in [0.3, 0.4) is 0 Å². The minimum atomic E-state index is -0.242. The Morgan fingerprint density at radius 3 is 2.56 bits per heavy atom. The van der Waals surface area contributed by atoms with E-state index in [4.69, 9.17) is 0 Å². The molecule has 0 radical (unpaired) electrons. The zero-order valence-corrected chi connectivity index (χ0v) is 8.98. The van der Waals surface area contributed by atoms with Gasteiger partial charge in [-0.15, -0.1) is 0 Å². The Balaban J connectivity index is 2.21. The minimum absolute atomic E-state index is 0.242. The zero-order valence-electron chi connectivity index (χ0n) is 8.98. The standard InChI is InChI=1S/C10H11N5O/c1-6-9(7(2)15-14-6)13-10(16)8-3-11-5-12-4-8/h3-5H,1-2H3,(H,13,16)(H,14,15). The molecule has 6 nitrogen and oxygen atoms in total. The fourth-order valence-corrected chi connectivity index (χ4v) is 1.34. The van der Waals surface area contributed by atoms with E-state index < -0.39 is 0 Å². The van der Waals surface area contributed by atoms with Gasteiger partial charge in [0.15, 0.2) is 0 Å². The summed E-state index contributed by atoms with van der Waals surface area (Å²) in [7, 11) is 0. The Labute approximate surface area is 92.1 Å². The molecule has 16 heavy (non-hydrogen) atoms. The smallest absolute Gasteiger partial charge is 0.258 e. The molecule has 0 bridgehead atoms. The van der Waals surface area contributed by atoms with E-state index in [-0.39, 0.29) is 5.91 Å². The molecule has 2 aromatic heterocycles. The largest absolute Gasteiger partial charge is 0.319 e. The van der Waals surface area contributed by atoms with Crippen LogP contribution < -0.4 is 5.32 Å². The molecule has 2 heterocycles. The molecule has 6 heteroatoms. The Hall–Kier alpha value is -2.24. The summed E-state index contributed by atoms with van der Waals surface area (Å²) in [6.45, 7) is 3.66. The number of aromatic amines is 1. The predicted octanol–water partition coefficient (Wildman–Crippen LogP) is 1.07. The van der Waals surface area contributed by atoms with Crippen LogP contribution >= 0.6 is 0 Å². The third-order valence-corrected chi connectivity index (χ3v) is 2.19. The van der Waals surface area contributed by atoms with Crippen molar-refractivity contribution in [2.75, 3.05) is 5.32 Å². The van der Waals surface area contributed by atoms with Crippen LogP contribution in [0.4, 0.5) is 5.69 Å². The maximum atomic E-state index is 11.8. The lowest BCUT2D eigenvalue weighted by Crippen LogP contribution is -2.13.